The van der Waals surface area contributed by atoms with E-state index in [1.165, 1.54) is 6.92 Å². The van der Waals surface area contributed by atoms with Crippen molar-refractivity contribution in [3.05, 3.63) is 71.3 Å². The van der Waals surface area contributed by atoms with Crippen LogP contribution in [0.1, 0.15) is 40.1 Å². The van der Waals surface area contributed by atoms with Crippen LogP contribution in [0.3, 0.4) is 0 Å². The molecule has 1 aliphatic heterocycles. The number of aryl methyl sites for hydroxylation is 1. The maximum Gasteiger partial charge on any atom is 0.332 e. The van der Waals surface area contributed by atoms with E-state index in [4.69, 9.17) is 4.74 Å². The number of hydrogen-bond donors (Lipinski definition) is 0. The lowest BCUT2D eigenvalue weighted by molar-refractivity contribution is -0.141. The second-order valence-electron chi connectivity index (χ2n) is 8.49. The van der Waals surface area contributed by atoms with E-state index in [0.717, 1.165) is 22.1 Å². The summed E-state index contributed by atoms with van der Waals surface area (Å²) in [6, 6.07) is 16.5. The normalized spacial score (nSPS) is 13.8. The third-order valence-corrected chi connectivity index (χ3v) is 6.10. The van der Waals surface area contributed by atoms with Gasteiger partial charge in [0.1, 0.15) is 0 Å². The maximum absolute atomic E-state index is 13.3. The van der Waals surface area contributed by atoms with Gasteiger partial charge in [-0.15, -0.1) is 0 Å². The number of rotatable bonds is 5. The van der Waals surface area contributed by atoms with Crippen molar-refractivity contribution in [2.24, 2.45) is 5.16 Å². The summed E-state index contributed by atoms with van der Waals surface area (Å²) in [5, 5.41) is 5.06. The van der Waals surface area contributed by atoms with Crippen LogP contribution in [0.15, 0.2) is 59.8 Å². The summed E-state index contributed by atoms with van der Waals surface area (Å²) in [7, 11) is 3.89. The summed E-state index contributed by atoms with van der Waals surface area (Å²) in [4.78, 5) is 43.8. The van der Waals surface area contributed by atoms with Gasteiger partial charge >= 0.3 is 11.9 Å². The molecule has 4 aromatic rings. The summed E-state index contributed by atoms with van der Waals surface area (Å²) in [5.74, 6) is -1.17. The maximum atomic E-state index is 13.3. The summed E-state index contributed by atoms with van der Waals surface area (Å²) in [5.41, 5.74) is 4.23. The molecule has 0 N–H and O–H groups in total. The van der Waals surface area contributed by atoms with E-state index in [1.807, 2.05) is 74.4 Å². The molecule has 1 aliphatic rings. The molecule has 0 atom stereocenters. The van der Waals surface area contributed by atoms with E-state index in [2.05, 4.69) is 14.6 Å². The summed E-state index contributed by atoms with van der Waals surface area (Å²) >= 11 is 0. The number of nitrogens with zero attached hydrogens (tertiary/aromatic N) is 3. The Hall–Kier alpha value is -4.46. The largest absolute Gasteiger partial charge is 0.432 e. The van der Waals surface area contributed by atoms with Gasteiger partial charge < -0.3 is 19.0 Å². The van der Waals surface area contributed by atoms with Crippen LogP contribution in [0.5, 0.6) is 5.75 Å². The van der Waals surface area contributed by atoms with Gasteiger partial charge in [-0.3, -0.25) is 9.59 Å². The average Bonchev–Trinajstić information content (AvgIpc) is 3.35. The number of oxime groups is 1. The Morgan fingerprint density at radius 1 is 1.00 bits per heavy atom. The van der Waals surface area contributed by atoms with Crippen molar-refractivity contribution in [2.75, 3.05) is 19.0 Å². The highest BCUT2D eigenvalue weighted by Gasteiger charge is 2.33. The number of carbonyl (C=O) groups excluding carboxylic acids is 3. The van der Waals surface area contributed by atoms with Gasteiger partial charge in [0, 0.05) is 55.3 Å². The number of carbonyl (C=O) groups is 3. The topological polar surface area (TPSA) is 90.2 Å². The first kappa shape index (κ1) is 22.3. The molecule has 8 nitrogen and oxygen atoms in total. The molecule has 0 amide bonds. The van der Waals surface area contributed by atoms with Crippen LogP contribution in [0.25, 0.3) is 21.8 Å². The number of fused-ring (bicyclic) bond motifs is 5. The Morgan fingerprint density at radius 3 is 2.34 bits per heavy atom. The molecule has 1 aromatic heterocycles. The van der Waals surface area contributed by atoms with Gasteiger partial charge in [0.15, 0.2) is 11.5 Å². The van der Waals surface area contributed by atoms with Gasteiger partial charge in [-0.05, 0) is 66.7 Å². The van der Waals surface area contributed by atoms with Crippen molar-refractivity contribution in [3.63, 3.8) is 0 Å². The average molecular weight is 469 g/mol. The molecule has 5 rings (SSSR count). The van der Waals surface area contributed by atoms with Gasteiger partial charge in [0.05, 0.1) is 16.5 Å². The van der Waals surface area contributed by atoms with Gasteiger partial charge in [0.2, 0.25) is 0 Å². The van der Waals surface area contributed by atoms with E-state index in [9.17, 15) is 14.4 Å². The minimum atomic E-state index is -0.653. The Bertz CT molecular complexity index is 1560. The smallest absolute Gasteiger partial charge is 0.332 e. The minimum absolute atomic E-state index is 0.101. The van der Waals surface area contributed by atoms with Crippen LogP contribution in [0.2, 0.25) is 0 Å². The molecule has 0 aliphatic carbocycles. The number of ketones is 2. The van der Waals surface area contributed by atoms with Gasteiger partial charge in [-0.25, -0.2) is 4.79 Å². The molecule has 0 spiro atoms. The predicted molar refractivity (Wildman–Crippen MR) is 133 cm³/mol. The monoisotopic (exact) mass is 469 g/mol. The molecule has 0 fully saturated rings. The van der Waals surface area contributed by atoms with Crippen molar-refractivity contribution < 1.29 is 24.0 Å². The molecular weight excluding hydrogens is 446 g/mol. The van der Waals surface area contributed by atoms with Crippen LogP contribution in [-0.2, 0) is 16.2 Å². The fourth-order valence-corrected chi connectivity index (χ4v) is 4.43. The van der Waals surface area contributed by atoms with Crippen LogP contribution < -0.4 is 9.64 Å². The number of ether oxygens (including phenoxy) is 1. The number of aromatic nitrogens is 1. The Balaban J connectivity index is 1.66. The van der Waals surface area contributed by atoms with Gasteiger partial charge in [-0.2, -0.15) is 0 Å². The highest BCUT2D eigenvalue weighted by Crippen LogP contribution is 2.41. The lowest BCUT2D eigenvalue weighted by atomic mass is 10.00. The highest BCUT2D eigenvalue weighted by atomic mass is 16.7. The van der Waals surface area contributed by atoms with Crippen LogP contribution in [0.4, 0.5) is 5.69 Å². The molecular formula is C27H23N3O5. The summed E-state index contributed by atoms with van der Waals surface area (Å²) in [6.45, 7) is 3.90. The molecule has 0 bridgehead atoms. The molecule has 0 radical (unpaired) electrons. The standard InChI is InChI=1S/C27H23N3O5/c1-5-30-21-12-8-17(24(32)16-6-9-18(10-7-16)29(3)4)14-20(21)23-22(30)13-11-19-25(33)27(34-26(19)23)28-35-15(2)31/h6-14H,5H2,1-4H3. The van der Waals surface area contributed by atoms with Gasteiger partial charge in [0.25, 0.3) is 5.78 Å². The Labute approximate surface area is 201 Å². The lowest BCUT2D eigenvalue weighted by Crippen LogP contribution is -2.13. The molecule has 3 aromatic carbocycles. The zero-order valence-electron chi connectivity index (χ0n) is 19.8. The summed E-state index contributed by atoms with van der Waals surface area (Å²) in [6.07, 6.45) is 0. The summed E-state index contributed by atoms with van der Waals surface area (Å²) < 4.78 is 7.89. The van der Waals surface area contributed by atoms with Crippen molar-refractivity contribution >= 4 is 50.9 Å². The molecule has 8 heteroatoms. The van der Waals surface area contributed by atoms with Crippen molar-refractivity contribution in [3.8, 4) is 5.75 Å². The number of anilines is 1. The highest BCUT2D eigenvalue weighted by molar-refractivity contribution is 6.47. The fraction of sp³-hybridized carbons (Fsp3) is 0.185. The van der Waals surface area contributed by atoms with Crippen LogP contribution in [-0.4, -0.2) is 42.1 Å². The first-order valence-corrected chi connectivity index (χ1v) is 11.2. The van der Waals surface area contributed by atoms with E-state index in [1.54, 1.807) is 6.07 Å². The van der Waals surface area contributed by atoms with Crippen molar-refractivity contribution in [1.29, 1.82) is 0 Å². The molecule has 0 saturated heterocycles. The van der Waals surface area contributed by atoms with Crippen LogP contribution >= 0.6 is 0 Å². The predicted octanol–water partition coefficient (Wildman–Crippen LogP) is 4.56. The fourth-order valence-electron chi connectivity index (χ4n) is 4.43. The molecule has 35 heavy (non-hydrogen) atoms. The van der Waals surface area contributed by atoms with Crippen molar-refractivity contribution in [2.45, 2.75) is 20.4 Å². The molecule has 2 heterocycles. The lowest BCUT2D eigenvalue weighted by Gasteiger charge is -2.12. The quantitative estimate of drug-likeness (QED) is 0.242. The molecule has 176 valence electrons. The minimum Gasteiger partial charge on any atom is -0.432 e. The Kier molecular flexibility index (Phi) is 5.36. The first-order chi connectivity index (χ1) is 16.8. The third kappa shape index (κ3) is 3.63. The van der Waals surface area contributed by atoms with Crippen molar-refractivity contribution in [1.82, 2.24) is 4.57 Å². The zero-order chi connectivity index (χ0) is 24.9. The zero-order valence-corrected chi connectivity index (χ0v) is 19.8. The van der Waals surface area contributed by atoms with E-state index in [0.29, 0.717) is 34.4 Å². The Morgan fingerprint density at radius 2 is 1.69 bits per heavy atom. The second-order valence-corrected chi connectivity index (χ2v) is 8.49. The first-order valence-electron chi connectivity index (χ1n) is 11.2. The van der Waals surface area contributed by atoms with Crippen LogP contribution in [0, 0.1) is 0 Å². The van der Waals surface area contributed by atoms with Gasteiger partial charge in [-0.1, -0.05) is 0 Å². The number of Topliss-reactive ketones (excluding diaryl/α,β-unsaturated/α-hetero) is 1. The third-order valence-electron chi connectivity index (χ3n) is 6.10. The number of hydrogen-bond acceptors (Lipinski definition) is 7. The SMILES string of the molecule is CCn1c2ccc(C(=O)c3ccc(N(C)C)cc3)cc2c2c3c(ccc21)C(=O)C(=NOC(C)=O)O3. The van der Waals surface area contributed by atoms with E-state index < -0.39 is 11.8 Å². The van der Waals surface area contributed by atoms with E-state index in [-0.39, 0.29) is 11.7 Å². The second kappa shape index (κ2) is 8.39. The van der Waals surface area contributed by atoms with E-state index >= 15 is 0 Å². The molecule has 0 saturated carbocycles. The number of benzene rings is 3. The molecule has 0 unspecified atom stereocenters.